The van der Waals surface area contributed by atoms with Crippen LogP contribution in [0.3, 0.4) is 0 Å². The number of hydrogen-bond acceptors (Lipinski definition) is 4. The highest BCUT2D eigenvalue weighted by Gasteiger charge is 2.16. The summed E-state index contributed by atoms with van der Waals surface area (Å²) >= 11 is 5.56. The molecule has 0 spiro atoms. The Hall–Kier alpha value is -1.11. The molecule has 0 aliphatic carbocycles. The minimum atomic E-state index is -4.01. The van der Waals surface area contributed by atoms with E-state index in [1.54, 1.807) is 0 Å². The van der Waals surface area contributed by atoms with E-state index < -0.39 is 22.7 Å². The van der Waals surface area contributed by atoms with Crippen LogP contribution in [0.25, 0.3) is 0 Å². The maximum atomic E-state index is 11.3. The van der Waals surface area contributed by atoms with Crippen LogP contribution in [0.4, 0.5) is 0 Å². The summed E-state index contributed by atoms with van der Waals surface area (Å²) in [7, 11) is -4.01. The quantitative estimate of drug-likeness (QED) is 0.810. The van der Waals surface area contributed by atoms with Gasteiger partial charge >= 0.3 is 5.97 Å². The number of rotatable bonds is 4. The normalized spacial score (nSPS) is 11.3. The van der Waals surface area contributed by atoms with E-state index in [9.17, 15) is 13.2 Å². The van der Waals surface area contributed by atoms with Crippen molar-refractivity contribution in [2.45, 2.75) is 4.90 Å². The molecule has 0 radical (unpaired) electrons. The molecule has 1 rings (SSSR count). The first-order valence-electron chi connectivity index (χ1n) is 3.78. The standard InChI is InChI=1S/C8H7ClO5S/c9-6-1-3-7(4-2-6)15(12,13)14-5-8(10)11/h1-4H,5H2,(H,10,11). The summed E-state index contributed by atoms with van der Waals surface area (Å²) in [5.41, 5.74) is 0. The van der Waals surface area contributed by atoms with E-state index in [2.05, 4.69) is 4.18 Å². The lowest BCUT2D eigenvalue weighted by atomic mass is 10.4. The number of halogens is 1. The van der Waals surface area contributed by atoms with Crippen molar-refractivity contribution in [3.63, 3.8) is 0 Å². The summed E-state index contributed by atoms with van der Waals surface area (Å²) in [5, 5.41) is 8.64. The predicted octanol–water partition coefficient (Wildman–Crippen LogP) is 1.13. The molecule has 7 heteroatoms. The first kappa shape index (κ1) is 12.0. The van der Waals surface area contributed by atoms with E-state index in [1.807, 2.05) is 0 Å². The van der Waals surface area contributed by atoms with Gasteiger partial charge in [0.15, 0.2) is 6.61 Å². The molecule has 0 bridgehead atoms. The minimum Gasteiger partial charge on any atom is -0.479 e. The molecule has 0 atom stereocenters. The van der Waals surface area contributed by atoms with Crippen LogP contribution in [0.2, 0.25) is 5.02 Å². The van der Waals surface area contributed by atoms with E-state index in [0.717, 1.165) is 0 Å². The average Bonchev–Trinajstić information content (AvgIpc) is 2.16. The van der Waals surface area contributed by atoms with Gasteiger partial charge in [-0.3, -0.25) is 4.18 Å². The largest absolute Gasteiger partial charge is 0.479 e. The molecule has 0 amide bonds. The van der Waals surface area contributed by atoms with Gasteiger partial charge in [-0.2, -0.15) is 8.42 Å². The second-order valence-electron chi connectivity index (χ2n) is 2.56. The van der Waals surface area contributed by atoms with Crippen LogP contribution in [0.1, 0.15) is 0 Å². The van der Waals surface area contributed by atoms with Gasteiger partial charge in [-0.25, -0.2) is 4.79 Å². The fourth-order valence-corrected chi connectivity index (χ4v) is 1.78. The lowest BCUT2D eigenvalue weighted by Gasteiger charge is -2.02. The van der Waals surface area contributed by atoms with Crippen molar-refractivity contribution in [1.82, 2.24) is 0 Å². The number of carboxylic acid groups (broad SMARTS) is 1. The summed E-state index contributed by atoms with van der Waals surface area (Å²) in [6.45, 7) is -0.898. The van der Waals surface area contributed by atoms with Gasteiger partial charge in [0.1, 0.15) is 0 Å². The molecule has 0 saturated heterocycles. The highest BCUT2D eigenvalue weighted by Crippen LogP contribution is 2.15. The smallest absolute Gasteiger partial charge is 0.331 e. The zero-order valence-electron chi connectivity index (χ0n) is 7.38. The third-order valence-corrected chi connectivity index (χ3v) is 2.97. The summed E-state index contributed by atoms with van der Waals surface area (Å²) in [5.74, 6) is -1.35. The third kappa shape index (κ3) is 3.50. The number of carboxylic acids is 1. The van der Waals surface area contributed by atoms with Crippen molar-refractivity contribution >= 4 is 27.7 Å². The first-order chi connectivity index (χ1) is 6.92. The first-order valence-corrected chi connectivity index (χ1v) is 5.57. The summed E-state index contributed by atoms with van der Waals surface area (Å²) in [4.78, 5) is 9.99. The van der Waals surface area contributed by atoms with Crippen molar-refractivity contribution in [2.75, 3.05) is 6.61 Å². The van der Waals surface area contributed by atoms with Crippen LogP contribution >= 0.6 is 11.6 Å². The SMILES string of the molecule is O=C(O)COS(=O)(=O)c1ccc(Cl)cc1. The van der Waals surface area contributed by atoms with Crippen LogP contribution in [-0.2, 0) is 19.1 Å². The molecule has 1 N–H and O–H groups in total. The van der Waals surface area contributed by atoms with Crippen molar-refractivity contribution < 1.29 is 22.5 Å². The number of hydrogen-bond donors (Lipinski definition) is 1. The number of carbonyl (C=O) groups is 1. The van der Waals surface area contributed by atoms with Gasteiger partial charge in [0.2, 0.25) is 0 Å². The number of aliphatic carboxylic acids is 1. The van der Waals surface area contributed by atoms with Gasteiger partial charge < -0.3 is 5.11 Å². The van der Waals surface area contributed by atoms with Crippen LogP contribution in [0.5, 0.6) is 0 Å². The average molecular weight is 251 g/mol. The zero-order valence-corrected chi connectivity index (χ0v) is 8.96. The van der Waals surface area contributed by atoms with Crippen LogP contribution in [0.15, 0.2) is 29.2 Å². The molecule has 0 aromatic heterocycles. The Balaban J connectivity index is 2.87. The fourth-order valence-electron chi connectivity index (χ4n) is 0.797. The molecule has 0 aliphatic rings. The number of benzene rings is 1. The molecular formula is C8H7ClO5S. The zero-order chi connectivity index (χ0) is 11.5. The van der Waals surface area contributed by atoms with Crippen LogP contribution in [0, 0.1) is 0 Å². The van der Waals surface area contributed by atoms with Crippen molar-refractivity contribution in [2.24, 2.45) is 0 Å². The van der Waals surface area contributed by atoms with Crippen LogP contribution in [-0.4, -0.2) is 26.1 Å². The third-order valence-electron chi connectivity index (χ3n) is 1.44. The van der Waals surface area contributed by atoms with Gasteiger partial charge in [0, 0.05) is 5.02 Å². The van der Waals surface area contributed by atoms with E-state index >= 15 is 0 Å². The van der Waals surface area contributed by atoms with E-state index in [-0.39, 0.29) is 4.90 Å². The van der Waals surface area contributed by atoms with Crippen LogP contribution < -0.4 is 0 Å². The highest BCUT2D eigenvalue weighted by molar-refractivity contribution is 7.86. The van der Waals surface area contributed by atoms with Gasteiger partial charge in [0.25, 0.3) is 10.1 Å². The topological polar surface area (TPSA) is 80.7 Å². The van der Waals surface area contributed by atoms with E-state index in [1.165, 1.54) is 24.3 Å². The summed E-state index contributed by atoms with van der Waals surface area (Å²) in [6, 6.07) is 5.22. The highest BCUT2D eigenvalue weighted by atomic mass is 35.5. The van der Waals surface area contributed by atoms with Gasteiger partial charge in [-0.1, -0.05) is 11.6 Å². The molecular weight excluding hydrogens is 244 g/mol. The van der Waals surface area contributed by atoms with Crippen molar-refractivity contribution in [1.29, 1.82) is 0 Å². The molecule has 0 unspecified atom stereocenters. The van der Waals surface area contributed by atoms with Crippen molar-refractivity contribution in [3.8, 4) is 0 Å². The molecule has 15 heavy (non-hydrogen) atoms. The van der Waals surface area contributed by atoms with Gasteiger partial charge in [-0.05, 0) is 24.3 Å². The lowest BCUT2D eigenvalue weighted by Crippen LogP contribution is -2.13. The molecule has 0 saturated carbocycles. The monoisotopic (exact) mass is 250 g/mol. The van der Waals surface area contributed by atoms with E-state index in [4.69, 9.17) is 16.7 Å². The Morgan fingerprint density at radius 1 is 1.33 bits per heavy atom. The molecule has 0 aliphatic heterocycles. The summed E-state index contributed by atoms with van der Waals surface area (Å²) < 4.78 is 26.9. The molecule has 0 fully saturated rings. The van der Waals surface area contributed by atoms with Crippen molar-refractivity contribution in [3.05, 3.63) is 29.3 Å². The maximum absolute atomic E-state index is 11.3. The predicted molar refractivity (Wildman–Crippen MR) is 52.2 cm³/mol. The Kier molecular flexibility index (Phi) is 3.67. The van der Waals surface area contributed by atoms with Gasteiger partial charge in [-0.15, -0.1) is 0 Å². The van der Waals surface area contributed by atoms with Gasteiger partial charge in [0.05, 0.1) is 4.90 Å². The fraction of sp³-hybridized carbons (Fsp3) is 0.125. The molecule has 1 aromatic carbocycles. The Bertz CT molecular complexity index is 450. The Morgan fingerprint density at radius 2 is 1.87 bits per heavy atom. The minimum absolute atomic E-state index is 0.131. The van der Waals surface area contributed by atoms with E-state index in [0.29, 0.717) is 5.02 Å². The second kappa shape index (κ2) is 4.61. The second-order valence-corrected chi connectivity index (χ2v) is 4.62. The maximum Gasteiger partial charge on any atom is 0.331 e. The molecule has 82 valence electrons. The molecule has 1 aromatic rings. The lowest BCUT2D eigenvalue weighted by molar-refractivity contribution is -0.139. The molecule has 0 heterocycles. The Morgan fingerprint density at radius 3 is 2.33 bits per heavy atom. The Labute approximate surface area is 91.4 Å². The summed E-state index contributed by atoms with van der Waals surface area (Å²) in [6.07, 6.45) is 0. The molecule has 5 nitrogen and oxygen atoms in total.